The SMILES string of the molecule is CC(C)=CCC[C@@]1(C)Oc2ccccc2[C@H]2O[C@H]3CCN(C(=O)Cn4ccc5ccccc54)C[C@@H]3C[C@@H]21. The van der Waals surface area contributed by atoms with Gasteiger partial charge in [0.25, 0.3) is 0 Å². The van der Waals surface area contributed by atoms with Crippen LogP contribution in [0.2, 0.25) is 0 Å². The molecule has 5 heteroatoms. The van der Waals surface area contributed by atoms with Crippen LogP contribution in [-0.4, -0.2) is 40.2 Å². The molecule has 194 valence electrons. The van der Waals surface area contributed by atoms with Crippen LogP contribution < -0.4 is 4.74 Å². The average Bonchev–Trinajstić information content (AvgIpc) is 3.30. The zero-order valence-corrected chi connectivity index (χ0v) is 22.2. The van der Waals surface area contributed by atoms with Crippen molar-refractivity contribution in [3.63, 3.8) is 0 Å². The lowest BCUT2D eigenvalue weighted by Crippen LogP contribution is -2.57. The van der Waals surface area contributed by atoms with Crippen molar-refractivity contribution in [2.75, 3.05) is 13.1 Å². The molecule has 0 aliphatic carbocycles. The molecule has 2 fully saturated rings. The number of rotatable bonds is 5. The summed E-state index contributed by atoms with van der Waals surface area (Å²) in [6.07, 6.45) is 8.43. The van der Waals surface area contributed by atoms with E-state index in [1.54, 1.807) is 0 Å². The standard InChI is InChI=1S/C32H38N2O3/c1-22(2)9-8-16-32(3)26-19-24-20-34(30(35)21-33-17-14-23-10-4-6-12-27(23)33)18-15-28(24)36-31(26)25-11-5-7-13-29(25)37-32/h4-7,9-14,17,24,26,28,31H,8,15-16,18-21H2,1-3H3/t24-,26-,28-,31+,32+/m0/s1. The molecule has 4 heterocycles. The molecule has 1 amide bonds. The van der Waals surface area contributed by atoms with Crippen LogP contribution >= 0.6 is 0 Å². The topological polar surface area (TPSA) is 43.7 Å². The normalized spacial score (nSPS) is 28.6. The van der Waals surface area contributed by atoms with Crippen molar-refractivity contribution in [3.8, 4) is 5.75 Å². The number of ether oxygens (including phenoxy) is 2. The van der Waals surface area contributed by atoms with Gasteiger partial charge in [0.1, 0.15) is 17.9 Å². The van der Waals surface area contributed by atoms with Gasteiger partial charge in [-0.15, -0.1) is 0 Å². The molecule has 3 aliphatic heterocycles. The number of likely N-dealkylation sites (tertiary alicyclic amines) is 1. The summed E-state index contributed by atoms with van der Waals surface area (Å²) in [7, 11) is 0. The molecule has 1 aromatic heterocycles. The Kier molecular flexibility index (Phi) is 6.36. The summed E-state index contributed by atoms with van der Waals surface area (Å²) >= 11 is 0. The van der Waals surface area contributed by atoms with Gasteiger partial charge in [-0.25, -0.2) is 0 Å². The maximum absolute atomic E-state index is 13.4. The monoisotopic (exact) mass is 498 g/mol. The fourth-order valence-electron chi connectivity index (χ4n) is 6.78. The van der Waals surface area contributed by atoms with Crippen LogP contribution in [0, 0.1) is 11.8 Å². The van der Waals surface area contributed by atoms with Gasteiger partial charge in [0.2, 0.25) is 5.91 Å². The molecule has 5 atom stereocenters. The summed E-state index contributed by atoms with van der Waals surface area (Å²) in [6.45, 7) is 8.48. The van der Waals surface area contributed by atoms with Crippen LogP contribution in [0.3, 0.4) is 0 Å². The van der Waals surface area contributed by atoms with Crippen molar-refractivity contribution in [1.82, 2.24) is 9.47 Å². The van der Waals surface area contributed by atoms with Crippen molar-refractivity contribution in [1.29, 1.82) is 0 Å². The van der Waals surface area contributed by atoms with Crippen LogP contribution in [0.25, 0.3) is 10.9 Å². The van der Waals surface area contributed by atoms with Crippen LogP contribution in [0.1, 0.15) is 58.1 Å². The number of carbonyl (C=O) groups excluding carboxylic acids is 1. The Bertz CT molecular complexity index is 1320. The molecule has 0 spiro atoms. The number of amides is 1. The summed E-state index contributed by atoms with van der Waals surface area (Å²) in [6, 6.07) is 18.7. The highest BCUT2D eigenvalue weighted by molar-refractivity contribution is 5.83. The van der Waals surface area contributed by atoms with Crippen LogP contribution in [0.5, 0.6) is 5.75 Å². The summed E-state index contributed by atoms with van der Waals surface area (Å²) in [5.74, 6) is 1.75. The van der Waals surface area contributed by atoms with E-state index in [1.807, 2.05) is 18.3 Å². The number of piperidine rings is 1. The van der Waals surface area contributed by atoms with Crippen molar-refractivity contribution in [2.45, 2.75) is 70.8 Å². The molecule has 6 rings (SSSR count). The number of allylic oxidation sites excluding steroid dienone is 2. The Labute approximate surface area is 220 Å². The first kappa shape index (κ1) is 24.3. The minimum Gasteiger partial charge on any atom is -0.487 e. The second kappa shape index (κ2) is 9.68. The van der Waals surface area contributed by atoms with E-state index in [2.05, 4.69) is 78.8 Å². The number of aromatic nitrogens is 1. The lowest BCUT2D eigenvalue weighted by Gasteiger charge is -2.54. The minimum atomic E-state index is -0.299. The second-order valence-corrected chi connectivity index (χ2v) is 11.6. The Balaban J connectivity index is 1.20. The van der Waals surface area contributed by atoms with E-state index in [1.165, 1.54) is 16.5 Å². The van der Waals surface area contributed by atoms with Gasteiger partial charge < -0.3 is 18.9 Å². The number of para-hydroxylation sites is 2. The third-order valence-corrected chi connectivity index (χ3v) is 8.79. The number of fused-ring (bicyclic) bond motifs is 5. The second-order valence-electron chi connectivity index (χ2n) is 11.6. The highest BCUT2D eigenvalue weighted by Gasteiger charge is 2.53. The van der Waals surface area contributed by atoms with Crippen LogP contribution in [-0.2, 0) is 16.1 Å². The Hall–Kier alpha value is -3.05. The number of benzene rings is 2. The molecule has 37 heavy (non-hydrogen) atoms. The molecule has 2 aromatic carbocycles. The van der Waals surface area contributed by atoms with E-state index in [4.69, 9.17) is 9.47 Å². The molecule has 2 saturated heterocycles. The molecular formula is C32H38N2O3. The maximum atomic E-state index is 13.4. The average molecular weight is 499 g/mol. The smallest absolute Gasteiger partial charge is 0.242 e. The lowest BCUT2D eigenvalue weighted by atomic mass is 9.68. The molecule has 0 unspecified atom stereocenters. The summed E-state index contributed by atoms with van der Waals surface area (Å²) < 4.78 is 15.7. The van der Waals surface area contributed by atoms with E-state index in [9.17, 15) is 4.79 Å². The molecule has 5 nitrogen and oxygen atoms in total. The third kappa shape index (κ3) is 4.59. The summed E-state index contributed by atoms with van der Waals surface area (Å²) in [5, 5.41) is 1.17. The van der Waals surface area contributed by atoms with Gasteiger partial charge in [0.15, 0.2) is 0 Å². The fraction of sp³-hybridized carbons (Fsp3) is 0.469. The van der Waals surface area contributed by atoms with Gasteiger partial charge in [0, 0.05) is 42.2 Å². The minimum absolute atomic E-state index is 0.0522. The fourth-order valence-corrected chi connectivity index (χ4v) is 6.78. The van der Waals surface area contributed by atoms with E-state index >= 15 is 0 Å². The largest absolute Gasteiger partial charge is 0.487 e. The zero-order valence-electron chi connectivity index (χ0n) is 22.2. The van der Waals surface area contributed by atoms with Gasteiger partial charge in [-0.05, 0) is 70.0 Å². The molecule has 3 aliphatic rings. The number of carbonyl (C=O) groups is 1. The number of nitrogens with zero attached hydrogens (tertiary/aromatic N) is 2. The quantitative estimate of drug-likeness (QED) is 0.376. The molecule has 0 radical (unpaired) electrons. The highest BCUT2D eigenvalue weighted by atomic mass is 16.5. The van der Waals surface area contributed by atoms with Crippen molar-refractivity contribution in [3.05, 3.63) is 78.0 Å². The lowest BCUT2D eigenvalue weighted by molar-refractivity contribution is -0.193. The van der Waals surface area contributed by atoms with Crippen molar-refractivity contribution >= 4 is 16.8 Å². The molecule has 0 N–H and O–H groups in total. The Morgan fingerprint density at radius 3 is 2.78 bits per heavy atom. The van der Waals surface area contributed by atoms with E-state index < -0.39 is 0 Å². The first-order chi connectivity index (χ1) is 17.9. The van der Waals surface area contributed by atoms with Gasteiger partial charge in [-0.3, -0.25) is 4.79 Å². The number of hydrogen-bond donors (Lipinski definition) is 0. The molecule has 3 aromatic rings. The molecule has 0 bridgehead atoms. The predicted octanol–water partition coefficient (Wildman–Crippen LogP) is 6.53. The van der Waals surface area contributed by atoms with Crippen LogP contribution in [0.4, 0.5) is 0 Å². The molecular weight excluding hydrogens is 460 g/mol. The highest BCUT2D eigenvalue weighted by Crippen LogP contribution is 2.54. The first-order valence-corrected chi connectivity index (χ1v) is 13.8. The first-order valence-electron chi connectivity index (χ1n) is 13.8. The molecule has 0 saturated carbocycles. The van der Waals surface area contributed by atoms with Crippen molar-refractivity contribution < 1.29 is 14.3 Å². The summed E-state index contributed by atoms with van der Waals surface area (Å²) in [4.78, 5) is 15.5. The van der Waals surface area contributed by atoms with Gasteiger partial charge in [-0.1, -0.05) is 48.0 Å². The zero-order chi connectivity index (χ0) is 25.6. The third-order valence-electron chi connectivity index (χ3n) is 8.79. The summed E-state index contributed by atoms with van der Waals surface area (Å²) in [5.41, 5.74) is 3.34. The predicted molar refractivity (Wildman–Crippen MR) is 146 cm³/mol. The van der Waals surface area contributed by atoms with E-state index in [-0.39, 0.29) is 29.6 Å². The van der Waals surface area contributed by atoms with Gasteiger partial charge in [0.05, 0.1) is 12.2 Å². The van der Waals surface area contributed by atoms with Gasteiger partial charge in [-0.2, -0.15) is 0 Å². The van der Waals surface area contributed by atoms with E-state index in [0.717, 1.165) is 50.0 Å². The van der Waals surface area contributed by atoms with E-state index in [0.29, 0.717) is 12.5 Å². The Morgan fingerprint density at radius 2 is 1.92 bits per heavy atom. The van der Waals surface area contributed by atoms with Crippen molar-refractivity contribution in [2.24, 2.45) is 11.8 Å². The van der Waals surface area contributed by atoms with Crippen LogP contribution in [0.15, 0.2) is 72.4 Å². The maximum Gasteiger partial charge on any atom is 0.242 e. The van der Waals surface area contributed by atoms with Gasteiger partial charge >= 0.3 is 0 Å². The number of hydrogen-bond acceptors (Lipinski definition) is 3. The Morgan fingerprint density at radius 1 is 1.11 bits per heavy atom.